The van der Waals surface area contributed by atoms with Crippen LogP contribution in [-0.4, -0.2) is 11.5 Å². The predicted octanol–water partition coefficient (Wildman–Crippen LogP) is 3.47. The van der Waals surface area contributed by atoms with E-state index < -0.39 is 0 Å². The van der Waals surface area contributed by atoms with Gasteiger partial charge in [0, 0.05) is 12.2 Å². The molecule has 0 spiro atoms. The van der Waals surface area contributed by atoms with E-state index in [9.17, 15) is 5.26 Å². The second-order valence-electron chi connectivity index (χ2n) is 4.59. The van der Waals surface area contributed by atoms with Crippen molar-refractivity contribution >= 4 is 17.2 Å². The normalized spacial score (nSPS) is 10.0. The molecule has 0 unspecified atom stereocenters. The van der Waals surface area contributed by atoms with Crippen molar-refractivity contribution < 1.29 is 0 Å². The van der Waals surface area contributed by atoms with Crippen LogP contribution in [0.15, 0.2) is 42.6 Å². The number of para-hydroxylation sites is 1. The van der Waals surface area contributed by atoms with Crippen LogP contribution in [0, 0.1) is 11.3 Å². The van der Waals surface area contributed by atoms with Gasteiger partial charge in [-0.1, -0.05) is 31.5 Å². The fraction of sp³-hybridized carbons (Fsp3) is 0.250. The number of nitrogens with two attached hydrogens (primary N) is 1. The summed E-state index contributed by atoms with van der Waals surface area (Å²) in [6.07, 6.45) is 3.71. The summed E-state index contributed by atoms with van der Waals surface area (Å²) < 4.78 is 0. The highest BCUT2D eigenvalue weighted by atomic mass is 15.2. The summed E-state index contributed by atoms with van der Waals surface area (Å²) in [6.45, 7) is 2.97. The quantitative estimate of drug-likeness (QED) is 0.899. The Balaban J connectivity index is 2.44. The summed E-state index contributed by atoms with van der Waals surface area (Å²) >= 11 is 0. The van der Waals surface area contributed by atoms with Gasteiger partial charge in [0.15, 0.2) is 5.82 Å². The van der Waals surface area contributed by atoms with Gasteiger partial charge in [0.2, 0.25) is 0 Å². The number of nitrogen functional groups attached to an aromatic ring is 1. The van der Waals surface area contributed by atoms with E-state index in [0.717, 1.165) is 25.1 Å². The number of nitrogens with zero attached hydrogens (tertiary/aromatic N) is 3. The molecule has 1 aromatic carbocycles. The largest absolute Gasteiger partial charge is 0.397 e. The number of hydrogen-bond acceptors (Lipinski definition) is 4. The minimum absolute atomic E-state index is 0.505. The highest BCUT2D eigenvalue weighted by Gasteiger charge is 2.14. The molecule has 0 aliphatic carbocycles. The van der Waals surface area contributed by atoms with Crippen LogP contribution >= 0.6 is 0 Å². The Morgan fingerprint density at radius 3 is 2.70 bits per heavy atom. The van der Waals surface area contributed by atoms with E-state index in [1.54, 1.807) is 12.3 Å². The standard InChI is InChI=1S/C16H18N4/c1-2-3-9-20(15-7-5-4-6-8-15)16-13(11-17)10-14(18)12-19-16/h4-8,10,12H,2-3,9,18H2,1H3. The minimum Gasteiger partial charge on any atom is -0.397 e. The van der Waals surface area contributed by atoms with Crippen LogP contribution in [0.3, 0.4) is 0 Å². The number of rotatable bonds is 5. The van der Waals surface area contributed by atoms with Gasteiger partial charge < -0.3 is 10.6 Å². The number of unbranched alkanes of at least 4 members (excludes halogenated alkanes) is 1. The van der Waals surface area contributed by atoms with Gasteiger partial charge in [-0.15, -0.1) is 0 Å². The van der Waals surface area contributed by atoms with Crippen molar-refractivity contribution in [1.82, 2.24) is 4.98 Å². The summed E-state index contributed by atoms with van der Waals surface area (Å²) in [5.41, 5.74) is 7.76. The van der Waals surface area contributed by atoms with Crippen molar-refractivity contribution in [1.29, 1.82) is 5.26 Å². The Hall–Kier alpha value is -2.54. The molecule has 0 fully saturated rings. The lowest BCUT2D eigenvalue weighted by Gasteiger charge is -2.24. The summed E-state index contributed by atoms with van der Waals surface area (Å²) in [4.78, 5) is 6.43. The topological polar surface area (TPSA) is 65.9 Å². The average molecular weight is 266 g/mol. The lowest BCUT2D eigenvalue weighted by atomic mass is 10.2. The van der Waals surface area contributed by atoms with Crippen molar-refractivity contribution in [3.8, 4) is 6.07 Å². The van der Waals surface area contributed by atoms with Crippen molar-refractivity contribution in [3.05, 3.63) is 48.2 Å². The Kier molecular flexibility index (Phi) is 4.56. The minimum atomic E-state index is 0.505. The van der Waals surface area contributed by atoms with Gasteiger partial charge in [0.25, 0.3) is 0 Å². The maximum absolute atomic E-state index is 9.29. The molecule has 0 bridgehead atoms. The molecule has 0 saturated heterocycles. The molecular formula is C16H18N4. The van der Waals surface area contributed by atoms with Gasteiger partial charge in [0.05, 0.1) is 17.4 Å². The zero-order valence-corrected chi connectivity index (χ0v) is 11.6. The Bertz CT molecular complexity index is 602. The van der Waals surface area contributed by atoms with Gasteiger partial charge >= 0.3 is 0 Å². The molecule has 1 heterocycles. The van der Waals surface area contributed by atoms with E-state index in [1.807, 2.05) is 30.3 Å². The maximum atomic E-state index is 9.29. The lowest BCUT2D eigenvalue weighted by molar-refractivity contribution is 0.779. The van der Waals surface area contributed by atoms with Crippen LogP contribution in [0.25, 0.3) is 0 Å². The number of benzene rings is 1. The second-order valence-corrected chi connectivity index (χ2v) is 4.59. The maximum Gasteiger partial charge on any atom is 0.151 e. The first kappa shape index (κ1) is 13.9. The van der Waals surface area contributed by atoms with Crippen molar-refractivity contribution in [2.45, 2.75) is 19.8 Å². The van der Waals surface area contributed by atoms with Crippen molar-refractivity contribution in [2.24, 2.45) is 0 Å². The molecule has 0 aliphatic rings. The first-order chi connectivity index (χ1) is 9.76. The predicted molar refractivity (Wildman–Crippen MR) is 81.7 cm³/mol. The van der Waals surface area contributed by atoms with Gasteiger partial charge in [-0.05, 0) is 24.6 Å². The molecule has 4 heteroatoms. The SMILES string of the molecule is CCCCN(c1ccccc1)c1ncc(N)cc1C#N. The molecule has 0 atom stereocenters. The summed E-state index contributed by atoms with van der Waals surface area (Å²) in [7, 11) is 0. The van der Waals surface area contributed by atoms with E-state index in [0.29, 0.717) is 17.1 Å². The molecule has 0 amide bonds. The number of nitriles is 1. The first-order valence-corrected chi connectivity index (χ1v) is 6.74. The van der Waals surface area contributed by atoms with Crippen LogP contribution < -0.4 is 10.6 Å². The molecule has 2 aromatic rings. The highest BCUT2D eigenvalue weighted by molar-refractivity contribution is 5.67. The number of hydrogen-bond donors (Lipinski definition) is 1. The number of anilines is 3. The molecule has 102 valence electrons. The van der Waals surface area contributed by atoms with E-state index in [-0.39, 0.29) is 0 Å². The molecule has 1 aromatic heterocycles. The zero-order chi connectivity index (χ0) is 14.4. The Labute approximate surface area is 119 Å². The molecule has 20 heavy (non-hydrogen) atoms. The molecule has 4 nitrogen and oxygen atoms in total. The van der Waals surface area contributed by atoms with E-state index >= 15 is 0 Å². The lowest BCUT2D eigenvalue weighted by Crippen LogP contribution is -2.20. The van der Waals surface area contributed by atoms with Crippen LogP contribution in [0.1, 0.15) is 25.3 Å². The third-order valence-electron chi connectivity index (χ3n) is 3.07. The second kappa shape index (κ2) is 6.58. The van der Waals surface area contributed by atoms with E-state index in [1.165, 1.54) is 0 Å². The number of aromatic nitrogens is 1. The molecule has 0 radical (unpaired) electrons. The smallest absolute Gasteiger partial charge is 0.151 e. The van der Waals surface area contributed by atoms with Gasteiger partial charge in [-0.3, -0.25) is 0 Å². The number of pyridine rings is 1. The molecule has 0 aliphatic heterocycles. The van der Waals surface area contributed by atoms with Gasteiger partial charge in [-0.2, -0.15) is 5.26 Å². The molecule has 2 N–H and O–H groups in total. The van der Waals surface area contributed by atoms with Crippen molar-refractivity contribution in [3.63, 3.8) is 0 Å². The Morgan fingerprint density at radius 2 is 2.05 bits per heavy atom. The highest BCUT2D eigenvalue weighted by Crippen LogP contribution is 2.27. The van der Waals surface area contributed by atoms with Crippen LogP contribution in [0.5, 0.6) is 0 Å². The van der Waals surface area contributed by atoms with E-state index in [2.05, 4.69) is 22.9 Å². The first-order valence-electron chi connectivity index (χ1n) is 6.74. The van der Waals surface area contributed by atoms with Crippen molar-refractivity contribution in [2.75, 3.05) is 17.2 Å². The molecule has 0 saturated carbocycles. The molecular weight excluding hydrogens is 248 g/mol. The Morgan fingerprint density at radius 1 is 1.30 bits per heavy atom. The summed E-state index contributed by atoms with van der Waals surface area (Å²) in [6, 6.07) is 13.8. The molecule has 2 rings (SSSR count). The monoisotopic (exact) mass is 266 g/mol. The summed E-state index contributed by atoms with van der Waals surface area (Å²) in [5.74, 6) is 0.668. The van der Waals surface area contributed by atoms with Crippen LogP contribution in [0.2, 0.25) is 0 Å². The fourth-order valence-corrected chi connectivity index (χ4v) is 2.05. The third kappa shape index (κ3) is 3.07. The van der Waals surface area contributed by atoms with Gasteiger partial charge in [-0.25, -0.2) is 4.98 Å². The zero-order valence-electron chi connectivity index (χ0n) is 11.6. The third-order valence-corrected chi connectivity index (χ3v) is 3.07. The fourth-order valence-electron chi connectivity index (χ4n) is 2.05. The van der Waals surface area contributed by atoms with Gasteiger partial charge in [0.1, 0.15) is 6.07 Å². The van der Waals surface area contributed by atoms with Crippen LogP contribution in [0.4, 0.5) is 17.2 Å². The van der Waals surface area contributed by atoms with E-state index in [4.69, 9.17) is 5.73 Å². The average Bonchev–Trinajstić information content (AvgIpc) is 2.49. The van der Waals surface area contributed by atoms with Crippen LogP contribution in [-0.2, 0) is 0 Å². The summed E-state index contributed by atoms with van der Waals surface area (Å²) in [5, 5.41) is 9.29.